The van der Waals surface area contributed by atoms with E-state index in [0.29, 0.717) is 22.2 Å². The minimum atomic E-state index is -0.569. The van der Waals surface area contributed by atoms with E-state index in [4.69, 9.17) is 16.0 Å². The Morgan fingerprint density at radius 1 is 1.19 bits per heavy atom. The lowest BCUT2D eigenvalue weighted by molar-refractivity contribution is -0.112. The van der Waals surface area contributed by atoms with E-state index in [2.05, 4.69) is 5.32 Å². The van der Waals surface area contributed by atoms with Crippen LogP contribution in [-0.4, -0.2) is 11.0 Å². The largest absolute Gasteiger partial charge is 0.508 e. The van der Waals surface area contributed by atoms with Crippen LogP contribution in [0.25, 0.3) is 17.4 Å². The van der Waals surface area contributed by atoms with Gasteiger partial charge in [0.05, 0.1) is 0 Å². The third-order valence-corrected chi connectivity index (χ3v) is 4.10. The Morgan fingerprint density at radius 3 is 2.63 bits per heavy atom. The smallest absolute Gasteiger partial charge is 0.266 e. The van der Waals surface area contributed by atoms with Gasteiger partial charge in [0, 0.05) is 22.3 Å². The summed E-state index contributed by atoms with van der Waals surface area (Å²) >= 11 is 6.04. The summed E-state index contributed by atoms with van der Waals surface area (Å²) in [5.74, 6) is 0.489. The molecular formula is C21H15ClN2O3. The first-order chi connectivity index (χ1) is 13.0. The van der Waals surface area contributed by atoms with Gasteiger partial charge in [0.25, 0.3) is 5.91 Å². The molecule has 3 rings (SSSR count). The first kappa shape index (κ1) is 18.3. The maximum atomic E-state index is 12.3. The number of hydrogen-bond donors (Lipinski definition) is 2. The molecule has 3 aromatic rings. The molecule has 2 N–H and O–H groups in total. The second-order valence-corrected chi connectivity index (χ2v) is 6.27. The van der Waals surface area contributed by atoms with E-state index in [9.17, 15) is 15.2 Å². The van der Waals surface area contributed by atoms with E-state index in [1.807, 2.05) is 19.1 Å². The Morgan fingerprint density at radius 2 is 1.93 bits per heavy atom. The van der Waals surface area contributed by atoms with Crippen LogP contribution in [0.1, 0.15) is 11.3 Å². The lowest BCUT2D eigenvalue weighted by atomic mass is 10.1. The highest BCUT2D eigenvalue weighted by molar-refractivity contribution is 6.30. The molecule has 2 aromatic carbocycles. The van der Waals surface area contributed by atoms with Crippen molar-refractivity contribution in [3.63, 3.8) is 0 Å². The number of benzene rings is 2. The fourth-order valence-corrected chi connectivity index (χ4v) is 2.64. The summed E-state index contributed by atoms with van der Waals surface area (Å²) in [6.45, 7) is 1.94. The fraction of sp³-hybridized carbons (Fsp3) is 0.0476. The van der Waals surface area contributed by atoms with Crippen molar-refractivity contribution in [2.75, 3.05) is 5.32 Å². The predicted octanol–water partition coefficient (Wildman–Crippen LogP) is 5.16. The van der Waals surface area contributed by atoms with Crippen LogP contribution in [0.2, 0.25) is 5.02 Å². The second-order valence-electron chi connectivity index (χ2n) is 5.83. The highest BCUT2D eigenvalue weighted by atomic mass is 35.5. The molecule has 1 heterocycles. The van der Waals surface area contributed by atoms with Crippen LogP contribution >= 0.6 is 11.6 Å². The highest BCUT2D eigenvalue weighted by Gasteiger charge is 2.12. The van der Waals surface area contributed by atoms with Gasteiger partial charge in [-0.2, -0.15) is 5.26 Å². The molecule has 0 aliphatic heterocycles. The third-order valence-electron chi connectivity index (χ3n) is 3.87. The lowest BCUT2D eigenvalue weighted by Gasteiger charge is -2.04. The van der Waals surface area contributed by atoms with E-state index in [1.165, 1.54) is 30.3 Å². The molecule has 27 heavy (non-hydrogen) atoms. The number of nitriles is 1. The molecule has 1 amide bonds. The number of amides is 1. The summed E-state index contributed by atoms with van der Waals surface area (Å²) in [7, 11) is 0. The number of rotatable bonds is 4. The van der Waals surface area contributed by atoms with Crippen LogP contribution in [0, 0.1) is 18.3 Å². The average molecular weight is 379 g/mol. The topological polar surface area (TPSA) is 86.3 Å². The molecular weight excluding hydrogens is 364 g/mol. The van der Waals surface area contributed by atoms with Gasteiger partial charge in [-0.25, -0.2) is 0 Å². The molecule has 0 spiro atoms. The van der Waals surface area contributed by atoms with Crippen LogP contribution in [0.5, 0.6) is 5.75 Å². The lowest BCUT2D eigenvalue weighted by Crippen LogP contribution is -2.13. The van der Waals surface area contributed by atoms with Crippen LogP contribution in [0.3, 0.4) is 0 Å². The number of nitrogens with one attached hydrogen (secondary N) is 1. The van der Waals surface area contributed by atoms with Gasteiger partial charge in [-0.05, 0) is 61.0 Å². The van der Waals surface area contributed by atoms with Crippen LogP contribution < -0.4 is 5.32 Å². The van der Waals surface area contributed by atoms with Crippen molar-refractivity contribution in [3.8, 4) is 23.1 Å². The van der Waals surface area contributed by atoms with E-state index < -0.39 is 5.91 Å². The summed E-state index contributed by atoms with van der Waals surface area (Å²) in [6.07, 6.45) is 1.37. The monoisotopic (exact) mass is 378 g/mol. The maximum Gasteiger partial charge on any atom is 0.266 e. The molecule has 0 unspecified atom stereocenters. The van der Waals surface area contributed by atoms with Crippen molar-refractivity contribution in [3.05, 3.63) is 76.5 Å². The van der Waals surface area contributed by atoms with E-state index >= 15 is 0 Å². The van der Waals surface area contributed by atoms with Gasteiger partial charge in [-0.15, -0.1) is 0 Å². The number of carbonyl (C=O) groups excluding carboxylic acids is 1. The van der Waals surface area contributed by atoms with Crippen molar-refractivity contribution < 1.29 is 14.3 Å². The highest BCUT2D eigenvalue weighted by Crippen LogP contribution is 2.29. The SMILES string of the molecule is Cc1ccc(Cl)cc1-c1ccc(C=C(C#N)C(=O)Nc2ccc(O)cc2)o1. The first-order valence-corrected chi connectivity index (χ1v) is 8.42. The summed E-state index contributed by atoms with van der Waals surface area (Å²) in [6, 6.07) is 16.8. The predicted molar refractivity (Wildman–Crippen MR) is 104 cm³/mol. The Hall–Kier alpha value is -3.49. The zero-order valence-corrected chi connectivity index (χ0v) is 15.1. The number of phenolic OH excluding ortho intramolecular Hbond substituents is 1. The summed E-state index contributed by atoms with van der Waals surface area (Å²) in [5, 5.41) is 21.8. The zero-order valence-electron chi connectivity index (χ0n) is 14.4. The number of phenols is 1. The van der Waals surface area contributed by atoms with Crippen molar-refractivity contribution in [1.29, 1.82) is 5.26 Å². The van der Waals surface area contributed by atoms with Gasteiger partial charge in [0.15, 0.2) is 0 Å². The quantitative estimate of drug-likeness (QED) is 0.373. The van der Waals surface area contributed by atoms with Gasteiger partial charge < -0.3 is 14.8 Å². The molecule has 0 aliphatic rings. The summed E-state index contributed by atoms with van der Waals surface area (Å²) in [5.41, 5.74) is 2.20. The zero-order chi connectivity index (χ0) is 19.4. The molecule has 6 heteroatoms. The van der Waals surface area contributed by atoms with Gasteiger partial charge in [0.1, 0.15) is 28.9 Å². The van der Waals surface area contributed by atoms with Crippen molar-refractivity contribution in [1.82, 2.24) is 0 Å². The average Bonchev–Trinajstić information content (AvgIpc) is 3.12. The Labute approximate surface area is 161 Å². The Balaban J connectivity index is 1.83. The molecule has 5 nitrogen and oxygen atoms in total. The molecule has 0 saturated heterocycles. The number of furan rings is 1. The molecule has 134 valence electrons. The minimum Gasteiger partial charge on any atom is -0.508 e. The Kier molecular flexibility index (Phi) is 5.30. The van der Waals surface area contributed by atoms with Crippen LogP contribution in [-0.2, 0) is 4.79 Å². The number of carbonyl (C=O) groups is 1. The molecule has 1 aromatic heterocycles. The molecule has 0 saturated carbocycles. The van der Waals surface area contributed by atoms with Gasteiger partial charge in [0.2, 0.25) is 0 Å². The number of aryl methyl sites for hydroxylation is 1. The molecule has 0 atom stereocenters. The number of hydrogen-bond acceptors (Lipinski definition) is 4. The van der Waals surface area contributed by atoms with Gasteiger partial charge in [-0.1, -0.05) is 17.7 Å². The van der Waals surface area contributed by atoms with Crippen molar-refractivity contribution >= 4 is 29.3 Å². The van der Waals surface area contributed by atoms with E-state index in [-0.39, 0.29) is 11.3 Å². The van der Waals surface area contributed by atoms with Crippen LogP contribution in [0.4, 0.5) is 5.69 Å². The van der Waals surface area contributed by atoms with E-state index in [0.717, 1.165) is 11.1 Å². The van der Waals surface area contributed by atoms with Crippen LogP contribution in [0.15, 0.2) is 64.6 Å². The normalized spacial score (nSPS) is 11.1. The second kappa shape index (κ2) is 7.81. The fourth-order valence-electron chi connectivity index (χ4n) is 2.47. The van der Waals surface area contributed by atoms with Crippen molar-refractivity contribution in [2.45, 2.75) is 6.92 Å². The molecule has 0 bridgehead atoms. The number of anilines is 1. The summed E-state index contributed by atoms with van der Waals surface area (Å²) < 4.78 is 5.75. The Bertz CT molecular complexity index is 1060. The third kappa shape index (κ3) is 4.38. The first-order valence-electron chi connectivity index (χ1n) is 8.05. The maximum absolute atomic E-state index is 12.3. The number of halogens is 1. The van der Waals surface area contributed by atoms with E-state index in [1.54, 1.807) is 24.3 Å². The molecule has 0 fully saturated rings. The van der Waals surface area contributed by atoms with Gasteiger partial charge in [-0.3, -0.25) is 4.79 Å². The summed E-state index contributed by atoms with van der Waals surface area (Å²) in [4.78, 5) is 12.3. The number of nitrogens with zero attached hydrogens (tertiary/aromatic N) is 1. The minimum absolute atomic E-state index is 0.0865. The standard InChI is InChI=1S/C21H15ClN2O3/c1-13-2-3-15(22)11-19(13)20-9-8-18(27-20)10-14(12-23)21(26)24-16-4-6-17(25)7-5-16/h2-11,25H,1H3,(H,24,26). The van der Waals surface area contributed by atoms with Gasteiger partial charge >= 0.3 is 0 Å². The van der Waals surface area contributed by atoms with Crippen molar-refractivity contribution in [2.24, 2.45) is 0 Å². The molecule has 0 aliphatic carbocycles. The number of aromatic hydroxyl groups is 1. The molecule has 0 radical (unpaired) electrons.